The summed E-state index contributed by atoms with van der Waals surface area (Å²) in [5.41, 5.74) is 3.85. The number of fused-ring (bicyclic) bond motifs is 1. The van der Waals surface area contributed by atoms with Crippen molar-refractivity contribution >= 4 is 6.16 Å². The lowest BCUT2D eigenvalue weighted by molar-refractivity contribution is -0.189. The lowest BCUT2D eigenvalue weighted by atomic mass is 9.71. The average molecular weight is 351 g/mol. The molecular weight excluding hydrogens is 326 g/mol. The lowest BCUT2D eigenvalue weighted by Crippen LogP contribution is -2.56. The van der Waals surface area contributed by atoms with Gasteiger partial charge < -0.3 is 14.4 Å². The Hall–Kier alpha value is -2.33. The zero-order valence-electron chi connectivity index (χ0n) is 15.6. The van der Waals surface area contributed by atoms with E-state index >= 15 is 0 Å². The lowest BCUT2D eigenvalue weighted by Gasteiger charge is -2.51. The Morgan fingerprint density at radius 2 is 1.62 bits per heavy atom. The first-order valence-corrected chi connectivity index (χ1v) is 9.20. The van der Waals surface area contributed by atoms with Crippen molar-refractivity contribution < 1.29 is 14.3 Å². The van der Waals surface area contributed by atoms with Crippen molar-refractivity contribution in [1.82, 2.24) is 4.90 Å². The maximum Gasteiger partial charge on any atom is 0.509 e. The summed E-state index contributed by atoms with van der Waals surface area (Å²) in [6, 6.07) is 16.6. The Kier molecular flexibility index (Phi) is 4.23. The Bertz CT molecular complexity index is 799. The molecule has 2 saturated heterocycles. The van der Waals surface area contributed by atoms with Crippen LogP contribution in [0.2, 0.25) is 0 Å². The molecule has 2 aliphatic heterocycles. The molecule has 4 nitrogen and oxygen atoms in total. The number of piperidine rings is 1. The standard InChI is InChI=1S/C22H25NO3/c1-15-4-8-17(9-5-15)20-19-14-23(3)13-12-22(19,26-21(24)25-20)18-10-6-16(2)7-11-18/h4-11,19-20H,12-14H2,1-3H3/t19-,20?,22+/m0/s1. The van der Waals surface area contributed by atoms with Crippen LogP contribution >= 0.6 is 0 Å². The smallest absolute Gasteiger partial charge is 0.426 e. The van der Waals surface area contributed by atoms with Gasteiger partial charge in [-0.25, -0.2) is 4.79 Å². The minimum atomic E-state index is -0.634. The van der Waals surface area contributed by atoms with Gasteiger partial charge in [0.25, 0.3) is 0 Å². The van der Waals surface area contributed by atoms with Crippen molar-refractivity contribution in [1.29, 1.82) is 0 Å². The van der Waals surface area contributed by atoms with Crippen LogP contribution in [0.3, 0.4) is 0 Å². The van der Waals surface area contributed by atoms with E-state index in [1.54, 1.807) is 0 Å². The van der Waals surface area contributed by atoms with Crippen molar-refractivity contribution in [2.45, 2.75) is 32.0 Å². The zero-order valence-corrected chi connectivity index (χ0v) is 15.6. The van der Waals surface area contributed by atoms with Gasteiger partial charge >= 0.3 is 6.16 Å². The number of carbonyl (C=O) groups is 1. The van der Waals surface area contributed by atoms with E-state index in [4.69, 9.17) is 9.47 Å². The summed E-state index contributed by atoms with van der Waals surface area (Å²) in [4.78, 5) is 14.7. The van der Waals surface area contributed by atoms with E-state index in [0.717, 1.165) is 30.6 Å². The molecule has 2 aromatic carbocycles. The van der Waals surface area contributed by atoms with Crippen molar-refractivity contribution in [2.24, 2.45) is 5.92 Å². The number of hydrogen-bond donors (Lipinski definition) is 0. The van der Waals surface area contributed by atoms with Crippen LogP contribution in [0.25, 0.3) is 0 Å². The first-order valence-electron chi connectivity index (χ1n) is 9.20. The Morgan fingerprint density at radius 1 is 1.00 bits per heavy atom. The summed E-state index contributed by atoms with van der Waals surface area (Å²) in [5, 5.41) is 0. The summed E-state index contributed by atoms with van der Waals surface area (Å²) in [6.45, 7) is 5.83. The third-order valence-electron chi connectivity index (χ3n) is 5.77. The second-order valence-electron chi connectivity index (χ2n) is 7.68. The topological polar surface area (TPSA) is 38.8 Å². The molecule has 1 unspecified atom stereocenters. The highest BCUT2D eigenvalue weighted by molar-refractivity contribution is 5.63. The third-order valence-corrected chi connectivity index (χ3v) is 5.77. The third kappa shape index (κ3) is 2.88. The summed E-state index contributed by atoms with van der Waals surface area (Å²) in [7, 11) is 2.11. The number of ether oxygens (including phenoxy) is 2. The van der Waals surface area contributed by atoms with Crippen LogP contribution in [0.4, 0.5) is 4.79 Å². The summed E-state index contributed by atoms with van der Waals surface area (Å²) in [6.07, 6.45) is -0.104. The van der Waals surface area contributed by atoms with E-state index in [2.05, 4.69) is 74.3 Å². The van der Waals surface area contributed by atoms with Crippen LogP contribution in [0.5, 0.6) is 0 Å². The molecule has 3 atom stereocenters. The number of nitrogens with zero attached hydrogens (tertiary/aromatic N) is 1. The molecule has 0 radical (unpaired) electrons. The summed E-state index contributed by atoms with van der Waals surface area (Å²) >= 11 is 0. The normalized spacial score (nSPS) is 28.8. The van der Waals surface area contributed by atoms with Gasteiger partial charge in [-0.15, -0.1) is 0 Å². The van der Waals surface area contributed by atoms with E-state index in [0.29, 0.717) is 0 Å². The number of carbonyl (C=O) groups excluding carboxylic acids is 1. The predicted octanol–water partition coefficient (Wildman–Crippen LogP) is 4.36. The maximum atomic E-state index is 12.4. The molecule has 4 heteroatoms. The van der Waals surface area contributed by atoms with Gasteiger partial charge in [-0.3, -0.25) is 0 Å². The average Bonchev–Trinajstić information content (AvgIpc) is 2.63. The Balaban J connectivity index is 1.80. The molecule has 0 N–H and O–H groups in total. The molecule has 2 aromatic rings. The first kappa shape index (κ1) is 17.1. The minimum Gasteiger partial charge on any atom is -0.426 e. The Labute approximate surface area is 154 Å². The second kappa shape index (κ2) is 6.44. The van der Waals surface area contributed by atoms with Gasteiger partial charge in [0, 0.05) is 19.5 Å². The summed E-state index contributed by atoms with van der Waals surface area (Å²) in [5.74, 6) is 0.0457. The van der Waals surface area contributed by atoms with E-state index in [1.807, 2.05) is 0 Å². The highest BCUT2D eigenvalue weighted by Gasteiger charge is 2.55. The van der Waals surface area contributed by atoms with Gasteiger partial charge in [-0.05, 0) is 32.0 Å². The van der Waals surface area contributed by atoms with Gasteiger partial charge in [-0.2, -0.15) is 0 Å². The first-order chi connectivity index (χ1) is 12.5. The molecule has 0 aliphatic carbocycles. The van der Waals surface area contributed by atoms with Crippen LogP contribution in [0.15, 0.2) is 48.5 Å². The van der Waals surface area contributed by atoms with Crippen molar-refractivity contribution in [3.63, 3.8) is 0 Å². The van der Waals surface area contributed by atoms with E-state index in [9.17, 15) is 4.79 Å². The molecule has 2 heterocycles. The number of hydrogen-bond acceptors (Lipinski definition) is 4. The number of cyclic esters (lactones) is 1. The van der Waals surface area contributed by atoms with Crippen LogP contribution in [-0.2, 0) is 15.1 Å². The van der Waals surface area contributed by atoms with Crippen LogP contribution in [-0.4, -0.2) is 31.2 Å². The van der Waals surface area contributed by atoms with E-state index in [1.165, 1.54) is 11.1 Å². The fourth-order valence-electron chi connectivity index (χ4n) is 4.25. The highest BCUT2D eigenvalue weighted by Crippen LogP contribution is 2.50. The SMILES string of the molecule is Cc1ccc(C2OC(=O)O[C@@]3(c4ccc(C)cc4)CCN(C)C[C@@H]23)cc1. The van der Waals surface area contributed by atoms with Crippen molar-refractivity contribution in [3.05, 3.63) is 70.8 Å². The quantitative estimate of drug-likeness (QED) is 0.754. The van der Waals surface area contributed by atoms with Gasteiger partial charge in [-0.1, -0.05) is 59.7 Å². The van der Waals surface area contributed by atoms with Gasteiger partial charge in [0.1, 0.15) is 11.7 Å². The maximum absolute atomic E-state index is 12.4. The number of likely N-dealkylation sites (tertiary alicyclic amines) is 1. The molecule has 136 valence electrons. The molecule has 0 spiro atoms. The van der Waals surface area contributed by atoms with Crippen LogP contribution in [0, 0.1) is 19.8 Å². The minimum absolute atomic E-state index is 0.0457. The number of benzene rings is 2. The largest absolute Gasteiger partial charge is 0.509 e. The second-order valence-corrected chi connectivity index (χ2v) is 7.68. The monoisotopic (exact) mass is 351 g/mol. The van der Waals surface area contributed by atoms with Crippen molar-refractivity contribution in [2.75, 3.05) is 20.1 Å². The molecule has 0 amide bonds. The summed E-state index contributed by atoms with van der Waals surface area (Å²) < 4.78 is 11.7. The molecule has 26 heavy (non-hydrogen) atoms. The van der Waals surface area contributed by atoms with E-state index in [-0.39, 0.29) is 12.0 Å². The zero-order chi connectivity index (χ0) is 18.3. The fourth-order valence-corrected chi connectivity index (χ4v) is 4.25. The van der Waals surface area contributed by atoms with E-state index < -0.39 is 11.8 Å². The van der Waals surface area contributed by atoms with Gasteiger partial charge in [0.15, 0.2) is 0 Å². The Morgan fingerprint density at radius 3 is 2.27 bits per heavy atom. The van der Waals surface area contributed by atoms with Crippen molar-refractivity contribution in [3.8, 4) is 0 Å². The van der Waals surface area contributed by atoms with Gasteiger partial charge in [0.05, 0.1) is 5.92 Å². The predicted molar refractivity (Wildman–Crippen MR) is 99.9 cm³/mol. The molecule has 0 aromatic heterocycles. The molecule has 0 bridgehead atoms. The fraction of sp³-hybridized carbons (Fsp3) is 0.409. The number of aryl methyl sites for hydroxylation is 2. The van der Waals surface area contributed by atoms with Gasteiger partial charge in [0.2, 0.25) is 0 Å². The molecular formula is C22H25NO3. The number of rotatable bonds is 2. The molecule has 0 saturated carbocycles. The van der Waals surface area contributed by atoms with Crippen LogP contribution < -0.4 is 0 Å². The highest BCUT2D eigenvalue weighted by atomic mass is 16.7. The molecule has 2 fully saturated rings. The molecule has 2 aliphatic rings. The van der Waals surface area contributed by atoms with Crippen LogP contribution in [0.1, 0.15) is 34.8 Å². The molecule has 4 rings (SSSR count).